The Morgan fingerprint density at radius 1 is 0.957 bits per heavy atom. The average Bonchev–Trinajstić information content (AvgIpc) is 2.60. The second-order valence-corrected chi connectivity index (χ2v) is 4.67. The van der Waals surface area contributed by atoms with Gasteiger partial charge in [0.25, 0.3) is 0 Å². The molecule has 0 fully saturated rings. The first-order chi connectivity index (χ1) is 11.2. The minimum atomic E-state index is -0.440. The van der Waals surface area contributed by atoms with E-state index >= 15 is 0 Å². The van der Waals surface area contributed by atoms with E-state index in [4.69, 9.17) is 18.9 Å². The number of esters is 1. The number of ether oxygens (including phenoxy) is 4. The van der Waals surface area contributed by atoms with Gasteiger partial charge in [-0.05, 0) is 37.3 Å². The van der Waals surface area contributed by atoms with Crippen LogP contribution in [0.4, 0.5) is 0 Å². The van der Waals surface area contributed by atoms with Gasteiger partial charge in [-0.3, -0.25) is 0 Å². The summed E-state index contributed by atoms with van der Waals surface area (Å²) in [6.07, 6.45) is 0. The second kappa shape index (κ2) is 8.68. The fourth-order valence-electron chi connectivity index (χ4n) is 1.96. The molecule has 0 atom stereocenters. The lowest BCUT2D eigenvalue weighted by molar-refractivity contribution is -0.147. The summed E-state index contributed by atoms with van der Waals surface area (Å²) in [5.41, 5.74) is 0.810. The second-order valence-electron chi connectivity index (χ2n) is 4.67. The van der Waals surface area contributed by atoms with E-state index in [1.807, 2.05) is 31.2 Å². The van der Waals surface area contributed by atoms with Gasteiger partial charge in [0, 0.05) is 5.56 Å². The molecule has 0 aliphatic rings. The van der Waals surface area contributed by atoms with Crippen LogP contribution in [-0.4, -0.2) is 26.3 Å². The Morgan fingerprint density at radius 3 is 2.26 bits per heavy atom. The molecule has 0 radical (unpaired) electrons. The molecule has 5 heteroatoms. The van der Waals surface area contributed by atoms with Crippen LogP contribution in [0.15, 0.2) is 48.5 Å². The van der Waals surface area contributed by atoms with Crippen LogP contribution < -0.4 is 14.2 Å². The molecule has 0 amide bonds. The lowest BCUT2D eigenvalue weighted by Gasteiger charge is -2.10. The van der Waals surface area contributed by atoms with Crippen molar-refractivity contribution in [2.45, 2.75) is 13.5 Å². The fourth-order valence-corrected chi connectivity index (χ4v) is 1.96. The van der Waals surface area contributed by atoms with E-state index in [9.17, 15) is 4.79 Å². The number of carbonyl (C=O) groups excluding carboxylic acids is 1. The molecule has 0 spiro atoms. The molecule has 23 heavy (non-hydrogen) atoms. The van der Waals surface area contributed by atoms with Gasteiger partial charge >= 0.3 is 5.97 Å². The van der Waals surface area contributed by atoms with E-state index in [1.165, 1.54) is 0 Å². The average molecular weight is 316 g/mol. The van der Waals surface area contributed by atoms with Gasteiger partial charge in [-0.1, -0.05) is 18.2 Å². The molecule has 0 aliphatic carbocycles. The monoisotopic (exact) mass is 316 g/mol. The van der Waals surface area contributed by atoms with E-state index in [2.05, 4.69) is 0 Å². The van der Waals surface area contributed by atoms with E-state index in [1.54, 1.807) is 31.4 Å². The Hall–Kier alpha value is -2.69. The number of para-hydroxylation sites is 1. The maximum atomic E-state index is 11.7. The predicted molar refractivity (Wildman–Crippen MR) is 85.9 cm³/mol. The number of benzene rings is 2. The highest BCUT2D eigenvalue weighted by Crippen LogP contribution is 2.19. The Morgan fingerprint density at radius 2 is 1.61 bits per heavy atom. The van der Waals surface area contributed by atoms with Gasteiger partial charge in [0.15, 0.2) is 6.61 Å². The standard InChI is InChI=1S/C18H20O5/c1-3-21-15-8-10-16(11-9-15)22-13-18(19)23-12-14-6-4-5-7-17(14)20-2/h4-11H,3,12-13H2,1-2H3. The first-order valence-electron chi connectivity index (χ1n) is 7.36. The van der Waals surface area contributed by atoms with Gasteiger partial charge in [0.05, 0.1) is 13.7 Å². The third kappa shape index (κ3) is 5.21. The van der Waals surface area contributed by atoms with Gasteiger partial charge in [0.2, 0.25) is 0 Å². The number of hydrogen-bond donors (Lipinski definition) is 0. The zero-order chi connectivity index (χ0) is 16.5. The van der Waals surface area contributed by atoms with Crippen LogP contribution in [0.5, 0.6) is 17.2 Å². The molecule has 0 bridgehead atoms. The van der Waals surface area contributed by atoms with Crippen molar-refractivity contribution in [2.75, 3.05) is 20.3 Å². The van der Waals surface area contributed by atoms with Gasteiger partial charge in [0.1, 0.15) is 23.9 Å². The summed E-state index contributed by atoms with van der Waals surface area (Å²) in [5, 5.41) is 0. The quantitative estimate of drug-likeness (QED) is 0.700. The van der Waals surface area contributed by atoms with Gasteiger partial charge in [-0.15, -0.1) is 0 Å². The van der Waals surface area contributed by atoms with Crippen LogP contribution in [0.2, 0.25) is 0 Å². The van der Waals surface area contributed by atoms with Crippen molar-refractivity contribution in [2.24, 2.45) is 0 Å². The van der Waals surface area contributed by atoms with Gasteiger partial charge in [-0.2, -0.15) is 0 Å². The highest BCUT2D eigenvalue weighted by molar-refractivity contribution is 5.71. The molecule has 0 N–H and O–H groups in total. The molecule has 2 aromatic rings. The molecule has 5 nitrogen and oxygen atoms in total. The zero-order valence-electron chi connectivity index (χ0n) is 13.3. The summed E-state index contributed by atoms with van der Waals surface area (Å²) in [6.45, 7) is 2.52. The predicted octanol–water partition coefficient (Wildman–Crippen LogP) is 3.22. The van der Waals surface area contributed by atoms with Crippen molar-refractivity contribution >= 4 is 5.97 Å². The lowest BCUT2D eigenvalue weighted by Crippen LogP contribution is -2.15. The van der Waals surface area contributed by atoms with Crippen LogP contribution in [0.25, 0.3) is 0 Å². The maximum absolute atomic E-state index is 11.7. The van der Waals surface area contributed by atoms with Crippen molar-refractivity contribution in [1.29, 1.82) is 0 Å². The molecular weight excluding hydrogens is 296 g/mol. The zero-order valence-corrected chi connectivity index (χ0v) is 13.3. The molecule has 2 aromatic carbocycles. The lowest BCUT2D eigenvalue weighted by atomic mass is 10.2. The van der Waals surface area contributed by atoms with Crippen LogP contribution in [-0.2, 0) is 16.1 Å². The van der Waals surface area contributed by atoms with Crippen LogP contribution in [0.1, 0.15) is 12.5 Å². The Bertz CT molecular complexity index is 622. The third-order valence-corrected chi connectivity index (χ3v) is 3.07. The highest BCUT2D eigenvalue weighted by atomic mass is 16.6. The van der Waals surface area contributed by atoms with Crippen molar-refractivity contribution < 1.29 is 23.7 Å². The van der Waals surface area contributed by atoms with Crippen molar-refractivity contribution in [3.05, 3.63) is 54.1 Å². The molecule has 122 valence electrons. The van der Waals surface area contributed by atoms with E-state index in [0.29, 0.717) is 18.1 Å². The summed E-state index contributed by atoms with van der Waals surface area (Å²) in [4.78, 5) is 11.7. The molecule has 0 aromatic heterocycles. The largest absolute Gasteiger partial charge is 0.496 e. The molecule has 0 saturated carbocycles. The molecule has 2 rings (SSSR count). The van der Waals surface area contributed by atoms with Crippen molar-refractivity contribution in [1.82, 2.24) is 0 Å². The summed E-state index contributed by atoms with van der Waals surface area (Å²) >= 11 is 0. The fraction of sp³-hybridized carbons (Fsp3) is 0.278. The summed E-state index contributed by atoms with van der Waals surface area (Å²) < 4.78 is 21.1. The molecule has 0 unspecified atom stereocenters. The number of rotatable bonds is 8. The van der Waals surface area contributed by atoms with Crippen molar-refractivity contribution in [3.8, 4) is 17.2 Å². The minimum Gasteiger partial charge on any atom is -0.496 e. The van der Waals surface area contributed by atoms with Gasteiger partial charge < -0.3 is 18.9 Å². The first-order valence-corrected chi connectivity index (χ1v) is 7.36. The van der Waals surface area contributed by atoms with E-state index in [-0.39, 0.29) is 13.2 Å². The number of carbonyl (C=O) groups is 1. The molecule has 0 saturated heterocycles. The molecule has 0 heterocycles. The van der Waals surface area contributed by atoms with E-state index in [0.717, 1.165) is 11.3 Å². The Balaban J connectivity index is 1.78. The summed E-state index contributed by atoms with van der Waals surface area (Å²) in [5.74, 6) is 1.60. The number of hydrogen-bond acceptors (Lipinski definition) is 5. The topological polar surface area (TPSA) is 54.0 Å². The van der Waals surface area contributed by atoms with Crippen LogP contribution >= 0.6 is 0 Å². The summed E-state index contributed by atoms with van der Waals surface area (Å²) in [7, 11) is 1.58. The van der Waals surface area contributed by atoms with Crippen LogP contribution in [0, 0.1) is 0 Å². The minimum absolute atomic E-state index is 0.148. The maximum Gasteiger partial charge on any atom is 0.344 e. The van der Waals surface area contributed by atoms with E-state index < -0.39 is 5.97 Å². The van der Waals surface area contributed by atoms with Crippen molar-refractivity contribution in [3.63, 3.8) is 0 Å². The smallest absolute Gasteiger partial charge is 0.344 e. The first kappa shape index (κ1) is 16.7. The summed E-state index contributed by atoms with van der Waals surface area (Å²) in [6, 6.07) is 14.5. The highest BCUT2D eigenvalue weighted by Gasteiger charge is 2.08. The Labute approximate surface area is 135 Å². The Kier molecular flexibility index (Phi) is 6.29. The number of methoxy groups -OCH3 is 1. The SMILES string of the molecule is CCOc1ccc(OCC(=O)OCc2ccccc2OC)cc1. The van der Waals surface area contributed by atoms with Crippen LogP contribution in [0.3, 0.4) is 0 Å². The van der Waals surface area contributed by atoms with Gasteiger partial charge in [-0.25, -0.2) is 4.79 Å². The molecular formula is C18H20O5. The third-order valence-electron chi connectivity index (χ3n) is 3.07. The normalized spacial score (nSPS) is 10.0. The molecule has 0 aliphatic heterocycles.